The maximum Gasteiger partial charge on any atom is 0.192 e. The van der Waals surface area contributed by atoms with Crippen molar-refractivity contribution in [1.29, 1.82) is 0 Å². The molecule has 0 spiro atoms. The molecule has 620 valence electrons. The Morgan fingerprint density at radius 3 is 1.34 bits per heavy atom. The van der Waals surface area contributed by atoms with Crippen molar-refractivity contribution in [2.24, 2.45) is 14.1 Å². The second-order valence-corrected chi connectivity index (χ2v) is 36.1. The Kier molecular flexibility index (Phi) is 19.1. The number of rotatable bonds is 5. The van der Waals surface area contributed by atoms with Gasteiger partial charge >= 0.3 is 0 Å². The molecule has 0 aliphatic rings. The lowest BCUT2D eigenvalue weighted by molar-refractivity contribution is 0.371. The maximum atomic E-state index is 9.66. The number of aryl methyl sites for hydroxylation is 9. The summed E-state index contributed by atoms with van der Waals surface area (Å²) in [5.41, 5.74) is 17.7. The minimum Gasteiger partial charge on any atom is -0.456 e. The summed E-state index contributed by atoms with van der Waals surface area (Å²) < 4.78 is 168. The number of oxazole rings is 5. The molecule has 0 aliphatic heterocycles. The van der Waals surface area contributed by atoms with E-state index in [-0.39, 0.29) is 25.7 Å². The minimum absolute atomic E-state index is 0.0477. The normalized spacial score (nSPS) is 13.0. The highest BCUT2D eigenvalue weighted by Crippen LogP contribution is 2.55. The van der Waals surface area contributed by atoms with Crippen molar-refractivity contribution in [2.45, 2.75) is 74.6 Å². The van der Waals surface area contributed by atoms with Gasteiger partial charge in [-0.05, 0) is 129 Å². The van der Waals surface area contributed by atoms with E-state index in [1.54, 1.807) is 80.9 Å². The fraction of sp³-hybridized carbons (Fsp3) is 0.116. The molecule has 24 aromatic rings. The first-order valence-corrected chi connectivity index (χ1v) is 44.2. The van der Waals surface area contributed by atoms with Crippen LogP contribution in [0, 0.1) is 41.5 Å². The van der Waals surface area contributed by atoms with Gasteiger partial charge in [0, 0.05) is 148 Å². The average molecular weight is 1740 g/mol. The Morgan fingerprint density at radius 2 is 0.770 bits per heavy atom. The zero-order chi connectivity index (χ0) is 85.2. The molecule has 0 atom stereocenters. The molecule has 0 unspecified atom stereocenters. The van der Waals surface area contributed by atoms with Gasteiger partial charge in [-0.25, -0.2) is 39.9 Å². The summed E-state index contributed by atoms with van der Waals surface area (Å²) in [6, 6.07) is 51.0. The quantitative estimate of drug-likeness (QED) is 0.0761. The molecule has 0 saturated carbocycles. The zero-order valence-electron chi connectivity index (χ0n) is 65.6. The van der Waals surface area contributed by atoms with E-state index in [0.717, 1.165) is 123 Å². The van der Waals surface area contributed by atoms with Crippen LogP contribution >= 0.6 is 54.8 Å². The van der Waals surface area contributed by atoms with Gasteiger partial charge in [-0.1, -0.05) is 36.4 Å². The number of benzene rings is 11. The van der Waals surface area contributed by atoms with Crippen LogP contribution in [0.25, 0.3) is 196 Å². The molecule has 0 bridgehead atoms. The molecule has 0 saturated heterocycles. The maximum absolute atomic E-state index is 9.66. The number of imidazole rings is 1. The molecule has 0 fully saturated rings. The van der Waals surface area contributed by atoms with Crippen LogP contribution in [0.2, 0.25) is 0 Å². The third-order valence-corrected chi connectivity index (χ3v) is 25.7. The van der Waals surface area contributed by atoms with Crippen LogP contribution in [0.1, 0.15) is 42.2 Å². The zero-order valence-corrected chi connectivity index (χ0v) is 69.7. The Balaban J connectivity index is 0.0000000968. The summed E-state index contributed by atoms with van der Waals surface area (Å²) in [5, 5.41) is 9.73. The second kappa shape index (κ2) is 29.4. The molecule has 11 aromatic carbocycles. The summed E-state index contributed by atoms with van der Waals surface area (Å²) in [7, 11) is -11.9. The van der Waals surface area contributed by atoms with E-state index < -0.39 is 48.4 Å². The molecule has 122 heavy (non-hydrogen) atoms. The Labute approximate surface area is 696 Å². The van der Waals surface area contributed by atoms with Crippen molar-refractivity contribution in [1.82, 2.24) is 53.6 Å². The van der Waals surface area contributed by atoms with Gasteiger partial charge in [-0.3, -0.25) is 0 Å². The number of para-hydroxylation sites is 1. The number of hydrogen-bond donors (Lipinski definition) is 12. The third kappa shape index (κ3) is 14.2. The fourth-order valence-corrected chi connectivity index (χ4v) is 19.1. The Bertz CT molecular complexity index is 8220. The molecule has 0 aliphatic carbocycles. The van der Waals surface area contributed by atoms with Crippen LogP contribution in [0.4, 0.5) is 0 Å². The van der Waals surface area contributed by atoms with Crippen molar-refractivity contribution >= 4 is 251 Å². The SMILES string of the molecule is CCn1c(C)nc2cc3c4ncncc4n(C)c3cc21.Cc1nc2cc3c(cc2o1)c1cc(S(O)(O)O)ccc1n3C.Cc1nc2cc3oc4c(S(O)(O)O)cc(S(O)(O)O)cc4c3cc2o1.Cc1nc2cc3oc4ccc(S(O)(O)O)cc4c3cc2o1.Cc1nc2cc3oc4ccccc4c3cc2o1.Cc1nc2cc3sc4ccccc4c3cc2o1. The van der Waals surface area contributed by atoms with E-state index in [1.165, 1.54) is 55.5 Å². The monoisotopic (exact) mass is 1740 g/mol. The van der Waals surface area contributed by atoms with Crippen molar-refractivity contribution < 1.29 is 90.0 Å². The van der Waals surface area contributed by atoms with Gasteiger partial charge in [0.2, 0.25) is 0 Å². The molecular formula is C86H71N11O20S5. The number of thiophene rings is 1. The van der Waals surface area contributed by atoms with Crippen LogP contribution in [0.15, 0.2) is 237 Å². The molecule has 0 radical (unpaired) electrons. The molecule has 13 aromatic heterocycles. The summed E-state index contributed by atoms with van der Waals surface area (Å²) in [5.74, 6) is 4.06. The first kappa shape index (κ1) is 79.3. The van der Waals surface area contributed by atoms with E-state index in [0.29, 0.717) is 78.9 Å². The molecule has 36 heteroatoms. The van der Waals surface area contributed by atoms with Gasteiger partial charge in [0.15, 0.2) is 63.0 Å². The standard InChI is InChI=1S/C15H15N5.C15H14N2O4S.C14H13NO8S2.C14H11NO5S.C14H9NO2.C14H9NOS/c1-4-20-9(2)18-11-5-10-12(6-13(11)20)19(3)14-7-16-8-17-15(10)14;1-8-16-12-7-14-11(6-15(12)21-8)10-5-9(22(18,19)20)3-4-13(10)17(14)2;1-6-15-10-5-11-8(4-12(10)22-6)9-2-7(24(16,17)18)3-13(14(9)23-11)25(19,20)21;1-7-15-11-6-13-10(5-14(11)19-7)9-4-8(21(16,17)18)2-3-12(9)20-13;1-8-15-11-7-13-10(6-14(11)16-8)9-4-2-3-5-12(9)17-13;1-8-15-11-7-14-10(6-12(11)16-8)9-4-2-3-5-13(9)17-14/h5-8H,4H2,1-3H3;3-7,18-20H,1-2H3;2-5,16-21H,1H3;2-6,16-18H,1H3;2*2-7H,1H3. The van der Waals surface area contributed by atoms with E-state index in [4.69, 9.17) is 35.3 Å². The van der Waals surface area contributed by atoms with E-state index in [2.05, 4.69) is 124 Å². The van der Waals surface area contributed by atoms with E-state index >= 15 is 0 Å². The highest BCUT2D eigenvalue weighted by Gasteiger charge is 2.30. The summed E-state index contributed by atoms with van der Waals surface area (Å²) >= 11 is 1.80. The molecular weight excluding hydrogens is 1670 g/mol. The molecule has 24 rings (SSSR count). The highest BCUT2D eigenvalue weighted by atomic mass is 32.3. The largest absolute Gasteiger partial charge is 0.456 e. The lowest BCUT2D eigenvalue weighted by Gasteiger charge is -2.24. The first-order chi connectivity index (χ1) is 58.1. The predicted molar refractivity (Wildman–Crippen MR) is 477 cm³/mol. The van der Waals surface area contributed by atoms with Gasteiger partial charge in [0.25, 0.3) is 0 Å². The second-order valence-electron chi connectivity index (χ2n) is 29.0. The van der Waals surface area contributed by atoms with Crippen LogP contribution in [0.5, 0.6) is 0 Å². The van der Waals surface area contributed by atoms with Crippen LogP contribution in [-0.4, -0.2) is 108 Å². The average Bonchev–Trinajstić information content (AvgIpc) is 1.88. The predicted octanol–water partition coefficient (Wildman–Crippen LogP) is 25.5. The van der Waals surface area contributed by atoms with Crippen molar-refractivity contribution in [3.05, 3.63) is 218 Å². The van der Waals surface area contributed by atoms with Crippen molar-refractivity contribution in [3.8, 4) is 0 Å². The number of fused-ring (bicyclic) bond motifs is 24. The van der Waals surface area contributed by atoms with E-state index in [1.807, 2.05) is 74.1 Å². The van der Waals surface area contributed by atoms with Gasteiger partial charge in [-0.2, -0.15) is 0 Å². The van der Waals surface area contributed by atoms with Crippen LogP contribution in [0.3, 0.4) is 0 Å². The fourth-order valence-electron chi connectivity index (χ4n) is 15.7. The lowest BCUT2D eigenvalue weighted by Crippen LogP contribution is -2.00. The van der Waals surface area contributed by atoms with E-state index in [9.17, 15) is 54.6 Å². The van der Waals surface area contributed by atoms with Gasteiger partial charge < -0.3 is 104 Å². The highest BCUT2D eigenvalue weighted by molar-refractivity contribution is 8.20. The first-order valence-electron chi connectivity index (χ1n) is 37.4. The van der Waals surface area contributed by atoms with Crippen LogP contribution < -0.4 is 0 Å². The Hall–Kier alpha value is -12.5. The Morgan fingerprint density at radius 1 is 0.320 bits per heavy atom. The smallest absolute Gasteiger partial charge is 0.192 e. The van der Waals surface area contributed by atoms with Gasteiger partial charge in [0.05, 0.1) is 54.0 Å². The number of nitrogens with zero attached hydrogens (tertiary/aromatic N) is 11. The summed E-state index contributed by atoms with van der Waals surface area (Å²) in [4.78, 5) is 33.9. The number of furan rings is 3. The molecule has 0 amide bonds. The van der Waals surface area contributed by atoms with Crippen molar-refractivity contribution in [3.63, 3.8) is 0 Å². The van der Waals surface area contributed by atoms with Gasteiger partial charge in [-0.15, -0.1) is 11.3 Å². The molecule has 12 N–H and O–H groups in total. The van der Waals surface area contributed by atoms with Gasteiger partial charge in [0.1, 0.15) is 116 Å². The third-order valence-electron chi connectivity index (χ3n) is 21.1. The van der Waals surface area contributed by atoms with Crippen molar-refractivity contribution in [2.75, 3.05) is 0 Å². The lowest BCUT2D eigenvalue weighted by atomic mass is 10.1. The number of aromatic nitrogens is 11. The molecule has 13 heterocycles. The topological polar surface area (TPSA) is 466 Å². The van der Waals surface area contributed by atoms with Crippen LogP contribution in [-0.2, 0) is 20.6 Å². The minimum atomic E-state index is -4.25. The summed E-state index contributed by atoms with van der Waals surface area (Å²) in [6.07, 6.45) is 3.46. The summed E-state index contributed by atoms with van der Waals surface area (Å²) in [6.45, 7) is 14.1. The molecule has 31 nitrogen and oxygen atoms in total. The number of hydrogen-bond acceptors (Lipinski definition) is 29.